The van der Waals surface area contributed by atoms with Gasteiger partial charge in [-0.25, -0.2) is 4.98 Å². The van der Waals surface area contributed by atoms with E-state index >= 15 is 0 Å². The van der Waals surface area contributed by atoms with E-state index in [1.54, 1.807) is 30.2 Å². The van der Waals surface area contributed by atoms with Crippen LogP contribution in [0.5, 0.6) is 0 Å². The minimum absolute atomic E-state index is 0.0162. The molecule has 0 saturated carbocycles. The molecule has 1 saturated heterocycles. The van der Waals surface area contributed by atoms with Crippen molar-refractivity contribution in [1.29, 1.82) is 0 Å². The highest BCUT2D eigenvalue weighted by Gasteiger charge is 2.33. The van der Waals surface area contributed by atoms with Crippen LogP contribution < -0.4 is 0 Å². The second-order valence-corrected chi connectivity index (χ2v) is 6.68. The van der Waals surface area contributed by atoms with Crippen molar-refractivity contribution in [2.24, 2.45) is 7.05 Å². The number of hydrogen-bond acceptors (Lipinski definition) is 4. The first kappa shape index (κ1) is 16.6. The molecule has 4 rings (SSSR count). The molecule has 134 valence electrons. The largest absolute Gasteiger partial charge is 0.443 e. The molecule has 0 aliphatic carbocycles. The van der Waals surface area contributed by atoms with E-state index < -0.39 is 0 Å². The van der Waals surface area contributed by atoms with Gasteiger partial charge in [0.05, 0.1) is 6.20 Å². The average molecular weight is 350 g/mol. The summed E-state index contributed by atoms with van der Waals surface area (Å²) in [6, 6.07) is 11.8. The predicted octanol–water partition coefficient (Wildman–Crippen LogP) is 3.37. The molecule has 3 aromatic rings. The van der Waals surface area contributed by atoms with Gasteiger partial charge in [-0.2, -0.15) is 5.10 Å². The maximum atomic E-state index is 13.0. The number of hydrogen-bond donors (Lipinski definition) is 0. The Morgan fingerprint density at radius 2 is 2.08 bits per heavy atom. The van der Waals surface area contributed by atoms with E-state index in [4.69, 9.17) is 4.42 Å². The summed E-state index contributed by atoms with van der Waals surface area (Å²) in [6.07, 6.45) is 7.07. The molecule has 1 atom stereocenters. The number of aromatic nitrogens is 3. The first-order valence-corrected chi connectivity index (χ1v) is 9.00. The maximum Gasteiger partial charge on any atom is 0.272 e. The van der Waals surface area contributed by atoms with Crippen LogP contribution in [0.25, 0.3) is 0 Å². The summed E-state index contributed by atoms with van der Waals surface area (Å²) in [4.78, 5) is 19.3. The Bertz CT molecular complexity index is 884. The fourth-order valence-corrected chi connectivity index (χ4v) is 3.52. The topological polar surface area (TPSA) is 64.2 Å². The number of benzene rings is 1. The van der Waals surface area contributed by atoms with Gasteiger partial charge in [-0.05, 0) is 30.9 Å². The van der Waals surface area contributed by atoms with Crippen LogP contribution in [-0.4, -0.2) is 32.1 Å². The smallest absolute Gasteiger partial charge is 0.272 e. The van der Waals surface area contributed by atoms with Gasteiger partial charge in [-0.3, -0.25) is 9.48 Å². The van der Waals surface area contributed by atoms with Crippen LogP contribution in [0.15, 0.2) is 53.2 Å². The van der Waals surface area contributed by atoms with Crippen molar-refractivity contribution in [2.45, 2.75) is 31.7 Å². The van der Waals surface area contributed by atoms with Crippen LogP contribution in [0.4, 0.5) is 0 Å². The van der Waals surface area contributed by atoms with Gasteiger partial charge in [-0.1, -0.05) is 30.3 Å². The van der Waals surface area contributed by atoms with Crippen molar-refractivity contribution in [3.05, 3.63) is 71.7 Å². The molecule has 1 aliphatic rings. The molecule has 1 aliphatic heterocycles. The fraction of sp³-hybridized carbons (Fsp3) is 0.350. The summed E-state index contributed by atoms with van der Waals surface area (Å²) in [5.74, 6) is 1.44. The van der Waals surface area contributed by atoms with E-state index in [0.29, 0.717) is 24.6 Å². The molecule has 1 amide bonds. The minimum atomic E-state index is -0.115. The lowest BCUT2D eigenvalue weighted by atomic mass is 10.0. The predicted molar refractivity (Wildman–Crippen MR) is 96.6 cm³/mol. The Hall–Kier alpha value is -2.89. The third kappa shape index (κ3) is 3.27. The molecule has 0 bridgehead atoms. The molecular weight excluding hydrogens is 328 g/mol. The van der Waals surface area contributed by atoms with Crippen molar-refractivity contribution in [3.8, 4) is 0 Å². The van der Waals surface area contributed by atoms with Gasteiger partial charge in [-0.15, -0.1) is 0 Å². The summed E-state index contributed by atoms with van der Waals surface area (Å²) in [7, 11) is 1.79. The van der Waals surface area contributed by atoms with Crippen LogP contribution in [0.1, 0.15) is 53.0 Å². The Morgan fingerprint density at radius 1 is 1.23 bits per heavy atom. The van der Waals surface area contributed by atoms with Gasteiger partial charge < -0.3 is 9.32 Å². The van der Waals surface area contributed by atoms with E-state index in [9.17, 15) is 4.79 Å². The molecule has 3 heterocycles. The lowest BCUT2D eigenvalue weighted by Crippen LogP contribution is -2.39. The van der Waals surface area contributed by atoms with Crippen molar-refractivity contribution in [1.82, 2.24) is 19.7 Å². The zero-order chi connectivity index (χ0) is 17.9. The molecule has 0 N–H and O–H groups in total. The van der Waals surface area contributed by atoms with E-state index in [-0.39, 0.29) is 11.9 Å². The summed E-state index contributed by atoms with van der Waals surface area (Å²) in [5.41, 5.74) is 1.77. The maximum absolute atomic E-state index is 13.0. The Labute approximate surface area is 152 Å². The van der Waals surface area contributed by atoms with Crippen LogP contribution in [0.3, 0.4) is 0 Å². The summed E-state index contributed by atoms with van der Waals surface area (Å²) < 4.78 is 7.64. The number of carbonyl (C=O) groups is 1. The third-order valence-electron chi connectivity index (χ3n) is 4.88. The number of carbonyl (C=O) groups excluding carboxylic acids is 1. The van der Waals surface area contributed by atoms with Gasteiger partial charge in [0.2, 0.25) is 5.89 Å². The van der Waals surface area contributed by atoms with Crippen molar-refractivity contribution < 1.29 is 9.21 Å². The van der Waals surface area contributed by atoms with E-state index in [1.165, 1.54) is 5.56 Å². The van der Waals surface area contributed by atoms with Crippen LogP contribution in [-0.2, 0) is 13.5 Å². The number of amides is 1. The van der Waals surface area contributed by atoms with Crippen molar-refractivity contribution >= 4 is 5.91 Å². The second kappa shape index (κ2) is 7.15. The molecule has 0 radical (unpaired) electrons. The SMILES string of the molecule is Cn1nccc1C(=O)N1CCCCC1c1ncc(Cc2ccccc2)o1. The molecular formula is C20H22N4O2. The number of aryl methyl sites for hydroxylation is 1. The van der Waals surface area contributed by atoms with Gasteiger partial charge in [0.25, 0.3) is 5.91 Å². The lowest BCUT2D eigenvalue weighted by molar-refractivity contribution is 0.0558. The Balaban J connectivity index is 1.55. The van der Waals surface area contributed by atoms with Gasteiger partial charge in [0.15, 0.2) is 0 Å². The van der Waals surface area contributed by atoms with Crippen LogP contribution in [0, 0.1) is 0 Å². The number of piperidine rings is 1. The van der Waals surface area contributed by atoms with Crippen LogP contribution in [0.2, 0.25) is 0 Å². The number of oxazole rings is 1. The third-order valence-corrected chi connectivity index (χ3v) is 4.88. The molecule has 26 heavy (non-hydrogen) atoms. The number of likely N-dealkylation sites (tertiary alicyclic amines) is 1. The Morgan fingerprint density at radius 3 is 2.85 bits per heavy atom. The Kier molecular flexibility index (Phi) is 4.56. The molecule has 0 spiro atoms. The zero-order valence-corrected chi connectivity index (χ0v) is 14.8. The average Bonchev–Trinajstić information content (AvgIpc) is 3.31. The molecule has 2 aromatic heterocycles. The molecule has 1 fully saturated rings. The molecule has 1 aromatic carbocycles. The first-order valence-electron chi connectivity index (χ1n) is 9.00. The highest BCUT2D eigenvalue weighted by atomic mass is 16.4. The molecule has 6 nitrogen and oxygen atoms in total. The highest BCUT2D eigenvalue weighted by Crippen LogP contribution is 2.32. The van der Waals surface area contributed by atoms with Gasteiger partial charge in [0.1, 0.15) is 17.5 Å². The van der Waals surface area contributed by atoms with Gasteiger partial charge >= 0.3 is 0 Å². The van der Waals surface area contributed by atoms with Gasteiger partial charge in [0, 0.05) is 26.2 Å². The molecule has 6 heteroatoms. The highest BCUT2D eigenvalue weighted by molar-refractivity contribution is 5.92. The quantitative estimate of drug-likeness (QED) is 0.724. The minimum Gasteiger partial charge on any atom is -0.443 e. The zero-order valence-electron chi connectivity index (χ0n) is 14.8. The summed E-state index contributed by atoms with van der Waals surface area (Å²) in [5, 5.41) is 4.11. The van der Waals surface area contributed by atoms with E-state index in [1.807, 2.05) is 23.1 Å². The summed E-state index contributed by atoms with van der Waals surface area (Å²) >= 11 is 0. The van der Waals surface area contributed by atoms with E-state index in [2.05, 4.69) is 22.2 Å². The monoisotopic (exact) mass is 350 g/mol. The van der Waals surface area contributed by atoms with E-state index in [0.717, 1.165) is 25.0 Å². The fourth-order valence-electron chi connectivity index (χ4n) is 3.52. The standard InChI is InChI=1S/C20H22N4O2/c1-23-18(10-11-22-23)20(25)24-12-6-5-9-17(24)19-21-14-16(26-19)13-15-7-3-2-4-8-15/h2-4,7-8,10-11,14,17H,5-6,9,12-13H2,1H3. The second-order valence-electron chi connectivity index (χ2n) is 6.68. The number of nitrogens with zero attached hydrogens (tertiary/aromatic N) is 4. The summed E-state index contributed by atoms with van der Waals surface area (Å²) in [6.45, 7) is 0.713. The van der Waals surface area contributed by atoms with Crippen LogP contribution >= 0.6 is 0 Å². The molecule has 1 unspecified atom stereocenters. The van der Waals surface area contributed by atoms with Crippen molar-refractivity contribution in [3.63, 3.8) is 0 Å². The first-order chi connectivity index (χ1) is 12.7. The lowest BCUT2D eigenvalue weighted by Gasteiger charge is -2.33. The van der Waals surface area contributed by atoms with Crippen molar-refractivity contribution in [2.75, 3.05) is 6.54 Å². The normalized spacial score (nSPS) is 17.4. The number of rotatable bonds is 4.